The zero-order valence-corrected chi connectivity index (χ0v) is 14.2. The van der Waals surface area contributed by atoms with Gasteiger partial charge in [0.2, 0.25) is 0 Å². The van der Waals surface area contributed by atoms with Crippen molar-refractivity contribution in [1.82, 2.24) is 25.1 Å². The molecular weight excluding hydrogens is 330 g/mol. The molecule has 0 bridgehead atoms. The second-order valence-electron chi connectivity index (χ2n) is 6.01. The van der Waals surface area contributed by atoms with Crippen LogP contribution in [-0.4, -0.2) is 43.7 Å². The SMILES string of the molecule is CCN(C(=O)n1nn[nH]c1=O)C1CCC(c2ccccc2Cl)CC1. The van der Waals surface area contributed by atoms with Gasteiger partial charge in [0.05, 0.1) is 0 Å². The number of rotatable bonds is 3. The number of hydrogen-bond acceptors (Lipinski definition) is 4. The van der Waals surface area contributed by atoms with Gasteiger partial charge in [-0.2, -0.15) is 0 Å². The summed E-state index contributed by atoms with van der Waals surface area (Å²) in [4.78, 5) is 25.8. The van der Waals surface area contributed by atoms with E-state index in [1.807, 2.05) is 25.1 Å². The Balaban J connectivity index is 1.69. The van der Waals surface area contributed by atoms with Crippen molar-refractivity contribution in [2.45, 2.75) is 44.6 Å². The molecule has 1 amide bonds. The minimum absolute atomic E-state index is 0.102. The third-order valence-corrected chi connectivity index (χ3v) is 5.07. The molecule has 0 spiro atoms. The Hall–Kier alpha value is -2.15. The summed E-state index contributed by atoms with van der Waals surface area (Å²) in [6.07, 6.45) is 3.68. The first kappa shape index (κ1) is 16.7. The van der Waals surface area contributed by atoms with Crippen molar-refractivity contribution < 1.29 is 4.79 Å². The first-order chi connectivity index (χ1) is 11.6. The van der Waals surface area contributed by atoms with Crippen molar-refractivity contribution in [2.24, 2.45) is 0 Å². The van der Waals surface area contributed by atoms with Crippen LogP contribution in [0.1, 0.15) is 44.1 Å². The van der Waals surface area contributed by atoms with E-state index in [1.165, 1.54) is 5.56 Å². The molecule has 1 aliphatic rings. The van der Waals surface area contributed by atoms with E-state index in [0.717, 1.165) is 35.4 Å². The summed E-state index contributed by atoms with van der Waals surface area (Å²) >= 11 is 6.30. The van der Waals surface area contributed by atoms with Crippen LogP contribution in [0.15, 0.2) is 29.1 Å². The fourth-order valence-corrected chi connectivity index (χ4v) is 3.79. The van der Waals surface area contributed by atoms with E-state index in [0.29, 0.717) is 12.5 Å². The minimum atomic E-state index is -0.608. The van der Waals surface area contributed by atoms with Crippen LogP contribution < -0.4 is 5.69 Å². The zero-order valence-electron chi connectivity index (χ0n) is 13.5. The topological polar surface area (TPSA) is 83.9 Å². The van der Waals surface area contributed by atoms with Crippen molar-refractivity contribution in [3.8, 4) is 0 Å². The van der Waals surface area contributed by atoms with Gasteiger partial charge in [-0.15, -0.1) is 4.68 Å². The van der Waals surface area contributed by atoms with Gasteiger partial charge < -0.3 is 4.90 Å². The highest BCUT2D eigenvalue weighted by molar-refractivity contribution is 6.31. The van der Waals surface area contributed by atoms with Crippen LogP contribution in [0.2, 0.25) is 5.02 Å². The number of benzene rings is 1. The van der Waals surface area contributed by atoms with Gasteiger partial charge in [0, 0.05) is 17.6 Å². The van der Waals surface area contributed by atoms with Crippen molar-refractivity contribution in [3.05, 3.63) is 45.3 Å². The second-order valence-corrected chi connectivity index (χ2v) is 6.42. The lowest BCUT2D eigenvalue weighted by atomic mass is 9.81. The predicted octanol–water partition coefficient (Wildman–Crippen LogP) is 2.64. The molecule has 0 atom stereocenters. The summed E-state index contributed by atoms with van der Waals surface area (Å²) in [6, 6.07) is 7.62. The molecule has 1 N–H and O–H groups in total. The highest BCUT2D eigenvalue weighted by Crippen LogP contribution is 2.37. The van der Waals surface area contributed by atoms with Crippen molar-refractivity contribution in [1.29, 1.82) is 0 Å². The van der Waals surface area contributed by atoms with Gasteiger partial charge in [-0.25, -0.2) is 14.7 Å². The third-order valence-electron chi connectivity index (χ3n) is 4.72. The Morgan fingerprint density at radius 1 is 1.33 bits per heavy atom. The minimum Gasteiger partial charge on any atom is -0.320 e. The number of nitrogens with one attached hydrogen (secondary N) is 1. The van der Waals surface area contributed by atoms with Crippen molar-refractivity contribution >= 4 is 17.6 Å². The van der Waals surface area contributed by atoms with Gasteiger partial charge in [-0.3, -0.25) is 0 Å². The fourth-order valence-electron chi connectivity index (χ4n) is 3.50. The van der Waals surface area contributed by atoms with Crippen LogP contribution in [0.5, 0.6) is 0 Å². The average Bonchev–Trinajstić information content (AvgIpc) is 3.03. The molecule has 1 fully saturated rings. The maximum Gasteiger partial charge on any atom is 0.369 e. The lowest BCUT2D eigenvalue weighted by Crippen LogP contribution is -2.46. The van der Waals surface area contributed by atoms with Gasteiger partial charge in [-0.1, -0.05) is 29.8 Å². The highest BCUT2D eigenvalue weighted by Gasteiger charge is 2.30. The standard InChI is InChI=1S/C16H20ClN5O2/c1-2-21(16(24)22-15(23)18-19-20-22)12-9-7-11(8-10-12)13-5-3-4-6-14(13)17/h3-6,11-12H,2,7-10H2,1H3,(H,18,20,23). The molecule has 1 aromatic heterocycles. The number of H-pyrrole nitrogens is 1. The number of carbonyl (C=O) groups is 1. The van der Waals surface area contributed by atoms with E-state index < -0.39 is 11.7 Å². The number of halogens is 1. The Morgan fingerprint density at radius 2 is 2.04 bits per heavy atom. The van der Waals surface area contributed by atoms with Crippen LogP contribution >= 0.6 is 11.6 Å². The largest absolute Gasteiger partial charge is 0.369 e. The molecule has 1 aliphatic carbocycles. The maximum absolute atomic E-state index is 12.5. The molecule has 2 aromatic rings. The molecule has 0 unspecified atom stereocenters. The van der Waals surface area contributed by atoms with E-state index in [2.05, 4.69) is 21.6 Å². The maximum atomic E-state index is 12.5. The third kappa shape index (κ3) is 3.21. The van der Waals surface area contributed by atoms with Gasteiger partial charge in [-0.05, 0) is 60.6 Å². The Labute approximate surface area is 144 Å². The Kier molecular flexibility index (Phi) is 4.99. The molecule has 0 radical (unpaired) electrons. The quantitative estimate of drug-likeness (QED) is 0.863. The molecule has 128 valence electrons. The molecule has 1 heterocycles. The fraction of sp³-hybridized carbons (Fsp3) is 0.500. The first-order valence-corrected chi connectivity index (χ1v) is 8.55. The normalized spacial score (nSPS) is 20.8. The summed E-state index contributed by atoms with van der Waals surface area (Å²) in [5, 5.41) is 9.88. The van der Waals surface area contributed by atoms with Gasteiger partial charge in [0.25, 0.3) is 0 Å². The second kappa shape index (κ2) is 7.17. The summed E-state index contributed by atoms with van der Waals surface area (Å²) < 4.78 is 0.781. The summed E-state index contributed by atoms with van der Waals surface area (Å²) in [7, 11) is 0. The van der Waals surface area contributed by atoms with E-state index in [9.17, 15) is 9.59 Å². The average molecular weight is 350 g/mol. The molecule has 8 heteroatoms. The lowest BCUT2D eigenvalue weighted by Gasteiger charge is -2.36. The highest BCUT2D eigenvalue weighted by atomic mass is 35.5. The van der Waals surface area contributed by atoms with Gasteiger partial charge in [0.15, 0.2) is 0 Å². The number of aromatic amines is 1. The number of hydrogen-bond donors (Lipinski definition) is 1. The molecule has 0 saturated heterocycles. The van der Waals surface area contributed by atoms with E-state index in [-0.39, 0.29) is 6.04 Å². The zero-order chi connectivity index (χ0) is 17.1. The van der Waals surface area contributed by atoms with E-state index in [1.54, 1.807) is 4.90 Å². The number of carbonyl (C=O) groups excluding carboxylic acids is 1. The number of aromatic nitrogens is 4. The van der Waals surface area contributed by atoms with Crippen LogP contribution in [0, 0.1) is 0 Å². The molecule has 3 rings (SSSR count). The lowest BCUT2D eigenvalue weighted by molar-refractivity contribution is 0.153. The first-order valence-electron chi connectivity index (χ1n) is 8.17. The Bertz CT molecular complexity index is 764. The Morgan fingerprint density at radius 3 is 2.62 bits per heavy atom. The number of amides is 1. The van der Waals surface area contributed by atoms with Crippen LogP contribution in [0.4, 0.5) is 4.79 Å². The predicted molar refractivity (Wildman–Crippen MR) is 90.3 cm³/mol. The van der Waals surface area contributed by atoms with Gasteiger partial charge >= 0.3 is 11.7 Å². The molecule has 1 aromatic carbocycles. The van der Waals surface area contributed by atoms with Gasteiger partial charge in [0.1, 0.15) is 0 Å². The molecule has 0 aliphatic heterocycles. The smallest absolute Gasteiger partial charge is 0.320 e. The van der Waals surface area contributed by atoms with Crippen LogP contribution in [-0.2, 0) is 0 Å². The molecule has 24 heavy (non-hydrogen) atoms. The molecular formula is C16H20ClN5O2. The monoisotopic (exact) mass is 349 g/mol. The number of nitrogens with zero attached hydrogens (tertiary/aromatic N) is 4. The summed E-state index contributed by atoms with van der Waals surface area (Å²) in [5.41, 5.74) is 0.572. The van der Waals surface area contributed by atoms with E-state index >= 15 is 0 Å². The van der Waals surface area contributed by atoms with Crippen LogP contribution in [0.3, 0.4) is 0 Å². The summed E-state index contributed by atoms with van der Waals surface area (Å²) in [6.45, 7) is 2.43. The number of tetrazole rings is 1. The summed E-state index contributed by atoms with van der Waals surface area (Å²) in [5.74, 6) is 0.415. The van der Waals surface area contributed by atoms with Crippen molar-refractivity contribution in [2.75, 3.05) is 6.54 Å². The van der Waals surface area contributed by atoms with E-state index in [4.69, 9.17) is 11.6 Å². The van der Waals surface area contributed by atoms with Crippen molar-refractivity contribution in [3.63, 3.8) is 0 Å². The molecule has 1 saturated carbocycles. The molecule has 7 nitrogen and oxygen atoms in total. The van der Waals surface area contributed by atoms with Crippen LogP contribution in [0.25, 0.3) is 0 Å².